The first-order valence-electron chi connectivity index (χ1n) is 25.2. The fraction of sp³-hybridized carbons (Fsp3) is 0.923. The maximum atomic E-state index is 4.93. The van der Waals surface area contributed by atoms with Gasteiger partial charge in [-0.15, -0.1) is 0 Å². The van der Waals surface area contributed by atoms with Crippen molar-refractivity contribution in [1.82, 2.24) is 9.80 Å². The van der Waals surface area contributed by atoms with Gasteiger partial charge in [-0.3, -0.25) is 9.80 Å². The Hall–Kier alpha value is 3.28. The molecule has 0 aromatic carbocycles. The van der Waals surface area contributed by atoms with Gasteiger partial charge in [-0.25, -0.2) is 0 Å². The van der Waals surface area contributed by atoms with Gasteiger partial charge >= 0.3 is 75.7 Å². The summed E-state index contributed by atoms with van der Waals surface area (Å²) in [6.45, 7) is 16.5. The molecule has 2 aliphatic heterocycles. The monoisotopic (exact) mass is 1130 g/mol. The molecule has 0 amide bonds. The van der Waals surface area contributed by atoms with E-state index in [4.69, 9.17) is 34.1 Å². The molecule has 0 N–H and O–H groups in total. The van der Waals surface area contributed by atoms with Crippen LogP contribution < -0.4 is 0 Å². The first kappa shape index (κ1) is 59.6. The van der Waals surface area contributed by atoms with Gasteiger partial charge in [0.1, 0.15) is 0 Å². The van der Waals surface area contributed by atoms with Crippen LogP contribution >= 0.6 is 34.1 Å². The number of rotatable bonds is 4. The van der Waals surface area contributed by atoms with Crippen molar-refractivity contribution in [3.8, 4) is 0 Å². The van der Waals surface area contributed by atoms with Crippen LogP contribution in [0.25, 0.3) is 0 Å². The molecule has 2 saturated heterocycles. The van der Waals surface area contributed by atoms with E-state index in [0.717, 1.165) is 106 Å². The third-order valence-electron chi connectivity index (χ3n) is 20.9. The zero-order chi connectivity index (χ0) is 41.5. The molecule has 10 heteroatoms. The van der Waals surface area contributed by atoms with Crippen LogP contribution in [-0.4, -0.2) is 64.2 Å². The van der Waals surface area contributed by atoms with E-state index < -0.39 is 57.8 Å². The summed E-state index contributed by atoms with van der Waals surface area (Å²) in [5.41, 5.74) is 4.57. The summed E-state index contributed by atoms with van der Waals surface area (Å²) >= 11 is -1.65. The van der Waals surface area contributed by atoms with Crippen molar-refractivity contribution < 1.29 is 41.7 Å². The van der Waals surface area contributed by atoms with Crippen LogP contribution in [0, 0.1) is 88.9 Å². The van der Waals surface area contributed by atoms with Gasteiger partial charge in [0.15, 0.2) is 0 Å². The van der Waals surface area contributed by atoms with Crippen LogP contribution in [0.1, 0.15) is 155 Å². The van der Waals surface area contributed by atoms with E-state index in [1.54, 1.807) is 96.3 Å². The van der Waals surface area contributed by atoms with Crippen LogP contribution in [0.4, 0.5) is 0 Å². The number of halogens is 4. The van der Waals surface area contributed by atoms with Crippen molar-refractivity contribution in [3.63, 3.8) is 0 Å². The molecule has 360 valence electrons. The predicted molar refractivity (Wildman–Crippen MR) is 278 cm³/mol. The van der Waals surface area contributed by atoms with Gasteiger partial charge in [-0.2, -0.15) is 0 Å². The first-order valence-corrected chi connectivity index (χ1v) is 44.2. The summed E-state index contributed by atoms with van der Waals surface area (Å²) in [5, 5.41) is 0. The van der Waals surface area contributed by atoms with Crippen molar-refractivity contribution in [1.29, 1.82) is 0 Å². The maximum absolute atomic E-state index is 4.93. The normalized spacial score (nSPS) is 42.1. The van der Waals surface area contributed by atoms with Gasteiger partial charge in [-0.1, -0.05) is 130 Å². The van der Waals surface area contributed by atoms with Gasteiger partial charge in [0.05, 0.1) is 16.1 Å². The number of hydrogen-bond acceptors (Lipinski definition) is 2. The van der Waals surface area contributed by atoms with E-state index in [-0.39, 0.29) is 29.7 Å². The second-order valence-electron chi connectivity index (χ2n) is 23.8. The van der Waals surface area contributed by atoms with Gasteiger partial charge in [0.2, 0.25) is 0 Å². The second kappa shape index (κ2) is 26.1. The minimum atomic E-state index is -1.20. The molecule has 10 fully saturated rings. The Balaban J connectivity index is 0.000000278. The Kier molecular flexibility index (Phi) is 25.1. The number of fused-ring (bicyclic) bond motifs is 10. The molecule has 10 rings (SSSR count). The van der Waals surface area contributed by atoms with Crippen molar-refractivity contribution in [3.05, 3.63) is 29.7 Å². The molecule has 16 atom stereocenters. The molecule has 8 aliphatic carbocycles. The summed E-state index contributed by atoms with van der Waals surface area (Å²) in [5.74, 6) is 10.7. The Morgan fingerprint density at radius 3 is 1.19 bits per heavy atom. The standard InChI is InChI=1S/2C24H43NSi.4CH3.4ClH.2Zr/c1-16-13-14-21-20(15-16)22-23(25(21)2)18-11-7-8-12-19(18)24(22)26(3,4)17-9-5-6-10-17;1-16-13-14-21-20(15-16)22-18-11-7-8-12-19(18)24(23(22)25(21)2)26(3,4)17-9-5-6-10-17;;;;;;;;;;/h2*16-24H,5-15H2,1-4H3;4*1H3;4*1H;;/q;;4*-1;;;;;2*+4/p-4. The molecule has 2 nitrogen and oxygen atoms in total. The van der Waals surface area contributed by atoms with Crippen LogP contribution in [0.2, 0.25) is 48.4 Å². The van der Waals surface area contributed by atoms with Crippen molar-refractivity contribution in [2.75, 3.05) is 14.1 Å². The fourth-order valence-electron chi connectivity index (χ4n) is 18.9. The molecule has 16 unspecified atom stereocenters. The quantitative estimate of drug-likeness (QED) is 0.204. The zero-order valence-electron chi connectivity index (χ0n) is 42.4. The molecular weight excluding hydrogens is 1030 g/mol. The van der Waals surface area contributed by atoms with Crippen molar-refractivity contribution >= 4 is 50.2 Å². The molecule has 62 heavy (non-hydrogen) atoms. The van der Waals surface area contributed by atoms with E-state index >= 15 is 0 Å². The average molecular weight is 1130 g/mol. The van der Waals surface area contributed by atoms with Gasteiger partial charge in [-0.05, 0) is 147 Å². The van der Waals surface area contributed by atoms with Gasteiger partial charge in [0.25, 0.3) is 0 Å². The molecule has 2 heterocycles. The molecule has 0 radical (unpaired) electrons. The van der Waals surface area contributed by atoms with E-state index in [9.17, 15) is 0 Å². The molecule has 0 bridgehead atoms. The molecule has 10 aliphatic rings. The van der Waals surface area contributed by atoms with Gasteiger partial charge < -0.3 is 29.7 Å². The second-order valence-corrected chi connectivity index (χ2v) is 41.5. The topological polar surface area (TPSA) is 6.48 Å². The van der Waals surface area contributed by atoms with Crippen LogP contribution in [0.15, 0.2) is 0 Å². The van der Waals surface area contributed by atoms with Crippen LogP contribution in [0.5, 0.6) is 0 Å². The third-order valence-corrected chi connectivity index (χ3v) is 31.3. The summed E-state index contributed by atoms with van der Waals surface area (Å²) in [6, 6.07) is 3.84. The van der Waals surface area contributed by atoms with Crippen LogP contribution in [0.3, 0.4) is 0 Å². The first-order chi connectivity index (χ1) is 27.8. The summed E-state index contributed by atoms with van der Waals surface area (Å²) in [4.78, 5) is 5.98. The van der Waals surface area contributed by atoms with E-state index in [2.05, 4.69) is 63.9 Å². The summed E-state index contributed by atoms with van der Waals surface area (Å²) in [6.07, 6.45) is 34.1. The summed E-state index contributed by atoms with van der Waals surface area (Å²) in [7, 11) is 22.5. The van der Waals surface area contributed by atoms with Crippen molar-refractivity contribution in [2.24, 2.45) is 59.2 Å². The molecule has 0 spiro atoms. The van der Waals surface area contributed by atoms with E-state index in [1.807, 2.05) is 0 Å². The van der Waals surface area contributed by atoms with E-state index in [0.29, 0.717) is 0 Å². The minimum absolute atomic E-state index is 0. The molecule has 0 aromatic rings. The van der Waals surface area contributed by atoms with Crippen molar-refractivity contribution in [2.45, 2.75) is 228 Å². The number of likely N-dealkylation sites (tertiary alicyclic amines) is 2. The Bertz CT molecular complexity index is 1300. The average Bonchev–Trinajstić information content (AvgIpc) is 4.06. The predicted octanol–water partition coefficient (Wildman–Crippen LogP) is 17.7. The fourth-order valence-corrected chi connectivity index (χ4v) is 29.6. The number of hydrogen-bond donors (Lipinski definition) is 0. The summed E-state index contributed by atoms with van der Waals surface area (Å²) < 4.78 is 0. The van der Waals surface area contributed by atoms with E-state index in [1.165, 1.54) is 44.9 Å². The SMILES string of the molecule is CC1CCC2C(C1)C1C(C3CCCCC3C1[Si](C)(C)C1CCCC1)N2C.CC1CCC2C(C1)C1C3CCCCC3C([Si](C)(C)C3CCCC3)C1N2C.[CH3-].[CH3-].[CH3-].[CH3-].[Cl][Zr+2][Cl].[Cl][Zr+2][Cl]. The molecular formula is C52H98Cl4N2Si2Zr2. The Labute approximate surface area is 427 Å². The Morgan fingerprint density at radius 1 is 0.403 bits per heavy atom. The third kappa shape index (κ3) is 11.6. The Morgan fingerprint density at radius 2 is 0.742 bits per heavy atom. The molecule has 8 saturated carbocycles. The van der Waals surface area contributed by atoms with Crippen LogP contribution in [-0.2, 0) is 41.7 Å². The molecule has 0 aromatic heterocycles. The number of nitrogens with zero attached hydrogens (tertiary/aromatic N) is 2. The van der Waals surface area contributed by atoms with Gasteiger partial charge in [0, 0.05) is 24.2 Å². The zero-order valence-corrected chi connectivity index (χ0v) is 52.3.